The molecule has 0 N–H and O–H groups in total. The molecule has 0 aromatic carbocycles. The van der Waals surface area contributed by atoms with Gasteiger partial charge in [-0.2, -0.15) is 0 Å². The summed E-state index contributed by atoms with van der Waals surface area (Å²) in [5.41, 5.74) is 1.90. The molecule has 0 radical (unpaired) electrons. The Labute approximate surface area is 104 Å². The first-order valence-electron chi connectivity index (χ1n) is 6.90. The first kappa shape index (κ1) is 11.7. The second kappa shape index (κ2) is 3.58. The van der Waals surface area contributed by atoms with Crippen molar-refractivity contribution >= 4 is 0 Å². The van der Waals surface area contributed by atoms with Gasteiger partial charge in [-0.15, -0.1) is 0 Å². The van der Waals surface area contributed by atoms with Crippen molar-refractivity contribution in [2.24, 2.45) is 5.41 Å². The SMILES string of the molecule is C/C1=C\CC(C)(C)[C@H]2O[C@@H]2C[C@]2(C)O[C@H]2CC1. The fourth-order valence-electron chi connectivity index (χ4n) is 3.23. The molecule has 2 fully saturated rings. The van der Waals surface area contributed by atoms with Crippen molar-refractivity contribution in [1.29, 1.82) is 0 Å². The van der Waals surface area contributed by atoms with Crippen LogP contribution < -0.4 is 0 Å². The van der Waals surface area contributed by atoms with Gasteiger partial charge in [0.1, 0.15) is 0 Å². The summed E-state index contributed by atoms with van der Waals surface area (Å²) in [6, 6.07) is 0. The lowest BCUT2D eigenvalue weighted by Crippen LogP contribution is -2.22. The molecule has 2 heterocycles. The molecule has 0 aromatic heterocycles. The molecule has 3 aliphatic rings. The number of hydrogen-bond donors (Lipinski definition) is 0. The molecule has 96 valence electrons. The van der Waals surface area contributed by atoms with Gasteiger partial charge in [0, 0.05) is 6.42 Å². The summed E-state index contributed by atoms with van der Waals surface area (Å²) in [7, 11) is 0. The van der Waals surface area contributed by atoms with Crippen LogP contribution in [0.2, 0.25) is 0 Å². The average Bonchev–Trinajstić information content (AvgIpc) is 3.11. The van der Waals surface area contributed by atoms with Crippen LogP contribution in [0.5, 0.6) is 0 Å². The van der Waals surface area contributed by atoms with Gasteiger partial charge in [-0.25, -0.2) is 0 Å². The number of hydrogen-bond acceptors (Lipinski definition) is 2. The van der Waals surface area contributed by atoms with Crippen molar-refractivity contribution in [3.05, 3.63) is 11.6 Å². The zero-order chi connectivity index (χ0) is 12.3. The Morgan fingerprint density at radius 3 is 2.82 bits per heavy atom. The number of ether oxygens (including phenoxy) is 2. The summed E-state index contributed by atoms with van der Waals surface area (Å²) in [4.78, 5) is 0. The fourth-order valence-corrected chi connectivity index (χ4v) is 3.23. The molecule has 0 amide bonds. The van der Waals surface area contributed by atoms with Gasteiger partial charge in [0.25, 0.3) is 0 Å². The summed E-state index contributed by atoms with van der Waals surface area (Å²) in [5.74, 6) is 0. The first-order valence-corrected chi connectivity index (χ1v) is 6.90. The van der Waals surface area contributed by atoms with Gasteiger partial charge in [0.05, 0.1) is 23.9 Å². The monoisotopic (exact) mass is 236 g/mol. The van der Waals surface area contributed by atoms with Crippen LogP contribution in [0.4, 0.5) is 0 Å². The van der Waals surface area contributed by atoms with Gasteiger partial charge >= 0.3 is 0 Å². The fraction of sp³-hybridized carbons (Fsp3) is 0.867. The molecule has 2 nitrogen and oxygen atoms in total. The summed E-state index contributed by atoms with van der Waals surface area (Å²) < 4.78 is 11.8. The lowest BCUT2D eigenvalue weighted by atomic mass is 9.82. The number of epoxide rings is 2. The van der Waals surface area contributed by atoms with E-state index in [1.54, 1.807) is 0 Å². The van der Waals surface area contributed by atoms with Gasteiger partial charge in [0.2, 0.25) is 0 Å². The average molecular weight is 236 g/mol. The van der Waals surface area contributed by atoms with E-state index in [0.717, 1.165) is 12.8 Å². The quantitative estimate of drug-likeness (QED) is 0.475. The highest BCUT2D eigenvalue weighted by Crippen LogP contribution is 2.51. The summed E-state index contributed by atoms with van der Waals surface area (Å²) in [6.07, 6.45) is 8.34. The van der Waals surface area contributed by atoms with Crippen LogP contribution in [0, 0.1) is 5.41 Å². The third-order valence-electron chi connectivity index (χ3n) is 4.77. The van der Waals surface area contributed by atoms with E-state index in [4.69, 9.17) is 9.47 Å². The van der Waals surface area contributed by atoms with Crippen molar-refractivity contribution < 1.29 is 9.47 Å². The van der Waals surface area contributed by atoms with Crippen LogP contribution >= 0.6 is 0 Å². The maximum absolute atomic E-state index is 5.89. The second-order valence-corrected chi connectivity index (χ2v) is 7.00. The molecular weight excluding hydrogens is 212 g/mol. The second-order valence-electron chi connectivity index (χ2n) is 7.00. The standard InChI is InChI=1S/C15H24O2/c1-10-5-6-12-15(4,17-12)9-11-13(16-11)14(2,3)8-7-10/h7,11-13H,5-6,8-9H2,1-4H3/b10-7+/t11-,12+,13+,15+/m1/s1. The topological polar surface area (TPSA) is 25.1 Å². The van der Waals surface area contributed by atoms with Crippen molar-refractivity contribution in [3.63, 3.8) is 0 Å². The highest BCUT2D eigenvalue weighted by Gasteiger charge is 2.59. The van der Waals surface area contributed by atoms with E-state index < -0.39 is 0 Å². The molecule has 2 heteroatoms. The predicted octanol–water partition coefficient (Wildman–Crippen LogP) is 3.46. The van der Waals surface area contributed by atoms with Crippen LogP contribution in [-0.2, 0) is 9.47 Å². The predicted molar refractivity (Wildman–Crippen MR) is 67.9 cm³/mol. The summed E-state index contributed by atoms with van der Waals surface area (Å²) >= 11 is 0. The molecule has 3 rings (SSSR count). The smallest absolute Gasteiger partial charge is 0.0946 e. The molecule has 0 unspecified atom stereocenters. The molecule has 0 spiro atoms. The van der Waals surface area contributed by atoms with E-state index in [1.807, 2.05) is 0 Å². The van der Waals surface area contributed by atoms with Crippen molar-refractivity contribution in [2.45, 2.75) is 77.3 Å². The van der Waals surface area contributed by atoms with Gasteiger partial charge in [-0.1, -0.05) is 25.5 Å². The van der Waals surface area contributed by atoms with Crippen LogP contribution in [0.1, 0.15) is 53.4 Å². The summed E-state index contributed by atoms with van der Waals surface area (Å²) in [5, 5.41) is 0. The molecule has 1 aliphatic carbocycles. The molecule has 4 atom stereocenters. The van der Waals surface area contributed by atoms with E-state index >= 15 is 0 Å². The molecule has 2 saturated heterocycles. The zero-order valence-corrected chi connectivity index (χ0v) is 11.5. The zero-order valence-electron chi connectivity index (χ0n) is 11.5. The van der Waals surface area contributed by atoms with Gasteiger partial charge in [0.15, 0.2) is 0 Å². The lowest BCUT2D eigenvalue weighted by Gasteiger charge is -2.21. The Morgan fingerprint density at radius 2 is 2.06 bits per heavy atom. The highest BCUT2D eigenvalue weighted by molar-refractivity contribution is 5.12. The largest absolute Gasteiger partial charge is 0.369 e. The third kappa shape index (κ3) is 2.17. The number of fused-ring (bicyclic) bond motifs is 2. The van der Waals surface area contributed by atoms with E-state index in [1.165, 1.54) is 18.4 Å². The molecule has 0 bridgehead atoms. The van der Waals surface area contributed by atoms with E-state index in [-0.39, 0.29) is 11.0 Å². The minimum absolute atomic E-state index is 0.111. The first-order chi connectivity index (χ1) is 7.91. The maximum atomic E-state index is 5.89. The van der Waals surface area contributed by atoms with Crippen LogP contribution in [-0.4, -0.2) is 23.9 Å². The Bertz CT molecular complexity index is 358. The highest BCUT2D eigenvalue weighted by atomic mass is 16.6. The van der Waals surface area contributed by atoms with E-state index in [2.05, 4.69) is 33.8 Å². The molecule has 0 saturated carbocycles. The minimum Gasteiger partial charge on any atom is -0.369 e. The van der Waals surface area contributed by atoms with Crippen molar-refractivity contribution in [2.75, 3.05) is 0 Å². The van der Waals surface area contributed by atoms with Crippen molar-refractivity contribution in [1.82, 2.24) is 0 Å². The summed E-state index contributed by atoms with van der Waals surface area (Å²) in [6.45, 7) is 9.15. The van der Waals surface area contributed by atoms with Crippen molar-refractivity contribution in [3.8, 4) is 0 Å². The van der Waals surface area contributed by atoms with Crippen LogP contribution in [0.3, 0.4) is 0 Å². The normalized spacial score (nSPS) is 51.3. The van der Waals surface area contributed by atoms with Gasteiger partial charge < -0.3 is 9.47 Å². The molecule has 17 heavy (non-hydrogen) atoms. The number of rotatable bonds is 0. The van der Waals surface area contributed by atoms with Gasteiger partial charge in [-0.05, 0) is 38.5 Å². The maximum Gasteiger partial charge on any atom is 0.0946 e. The molecule has 2 aliphatic heterocycles. The van der Waals surface area contributed by atoms with E-state index in [9.17, 15) is 0 Å². The minimum atomic E-state index is 0.111. The molecular formula is C15H24O2. The van der Waals surface area contributed by atoms with Crippen LogP contribution in [0.25, 0.3) is 0 Å². The Hall–Kier alpha value is -0.340. The third-order valence-corrected chi connectivity index (χ3v) is 4.77. The molecule has 0 aromatic rings. The Balaban J connectivity index is 1.77. The van der Waals surface area contributed by atoms with E-state index in [0.29, 0.717) is 18.3 Å². The van der Waals surface area contributed by atoms with Crippen LogP contribution in [0.15, 0.2) is 11.6 Å². The van der Waals surface area contributed by atoms with Gasteiger partial charge in [-0.3, -0.25) is 0 Å². The lowest BCUT2D eigenvalue weighted by molar-refractivity contribution is 0.235. The Morgan fingerprint density at radius 1 is 1.29 bits per heavy atom. The Kier molecular flexibility index (Phi) is 2.47. The number of allylic oxidation sites excluding steroid dienone is 2.